The van der Waals surface area contributed by atoms with Crippen molar-refractivity contribution in [3.05, 3.63) is 88.9 Å². The second kappa shape index (κ2) is 9.75. The molecule has 192 valence electrons. The predicted molar refractivity (Wildman–Crippen MR) is 145 cm³/mol. The largest absolute Gasteiger partial charge is 0.378 e. The Morgan fingerprint density at radius 2 is 1.76 bits per heavy atom. The van der Waals surface area contributed by atoms with Crippen LogP contribution in [0.5, 0.6) is 0 Å². The molecule has 2 aliphatic rings. The van der Waals surface area contributed by atoms with Crippen LogP contribution in [-0.4, -0.2) is 52.9 Å². The molecule has 2 aromatic carbocycles. The molecule has 0 unspecified atom stereocenters. The van der Waals surface area contributed by atoms with Crippen LogP contribution in [0, 0.1) is 6.92 Å². The lowest BCUT2D eigenvalue weighted by Gasteiger charge is -2.29. The van der Waals surface area contributed by atoms with Crippen molar-refractivity contribution < 1.29 is 14.3 Å². The summed E-state index contributed by atoms with van der Waals surface area (Å²) < 4.78 is 7.27. The number of morpholine rings is 1. The Morgan fingerprint density at radius 3 is 2.50 bits per heavy atom. The van der Waals surface area contributed by atoms with E-state index in [0.717, 1.165) is 53.3 Å². The summed E-state index contributed by atoms with van der Waals surface area (Å²) in [7, 11) is 0. The number of hydrogen-bond donors (Lipinski definition) is 2. The smallest absolute Gasteiger partial charge is 0.269 e. The van der Waals surface area contributed by atoms with Gasteiger partial charge >= 0.3 is 0 Å². The zero-order valence-corrected chi connectivity index (χ0v) is 21.1. The minimum atomic E-state index is -0.551. The van der Waals surface area contributed by atoms with Gasteiger partial charge in [-0.1, -0.05) is 6.07 Å². The number of nitrogens with two attached hydrogens (primary N) is 1. The Kier molecular flexibility index (Phi) is 6.13. The Balaban J connectivity index is 1.39. The molecule has 4 aromatic rings. The van der Waals surface area contributed by atoms with Gasteiger partial charge in [-0.2, -0.15) is 5.10 Å². The number of benzene rings is 2. The van der Waals surface area contributed by atoms with E-state index < -0.39 is 5.91 Å². The molecular formula is C29H28N6O3. The summed E-state index contributed by atoms with van der Waals surface area (Å²) in [5.41, 5.74) is 13.5. The highest BCUT2D eigenvalue weighted by molar-refractivity contribution is 6.05. The van der Waals surface area contributed by atoms with Crippen LogP contribution in [0.3, 0.4) is 0 Å². The first-order valence-electron chi connectivity index (χ1n) is 12.7. The second-order valence-corrected chi connectivity index (χ2v) is 9.53. The molecule has 0 atom stereocenters. The molecule has 9 heteroatoms. The molecule has 0 saturated carbocycles. The van der Waals surface area contributed by atoms with E-state index in [2.05, 4.69) is 32.4 Å². The number of pyridine rings is 1. The lowest BCUT2D eigenvalue weighted by molar-refractivity contribution is 0.0992. The average molecular weight is 509 g/mol. The number of hydrogen-bond acceptors (Lipinski definition) is 6. The highest BCUT2D eigenvalue weighted by Crippen LogP contribution is 2.38. The lowest BCUT2D eigenvalue weighted by Crippen LogP contribution is -2.36. The molecule has 3 N–H and O–H groups in total. The molecule has 9 nitrogen and oxygen atoms in total. The van der Waals surface area contributed by atoms with Gasteiger partial charge in [0.1, 0.15) is 0 Å². The van der Waals surface area contributed by atoms with Crippen molar-refractivity contribution in [1.29, 1.82) is 0 Å². The topological polar surface area (TPSA) is 115 Å². The second-order valence-electron chi connectivity index (χ2n) is 9.53. The fourth-order valence-electron chi connectivity index (χ4n) is 5.25. The SMILES string of the molecule is Cc1ncccc1C(=O)Nc1ccc2c(c1)-c1c(c(C(N)=O)nn1-c1ccc(N3CCOCC3)cc1)CC2. The highest BCUT2D eigenvalue weighted by atomic mass is 16.5. The van der Waals surface area contributed by atoms with Gasteiger partial charge in [0.2, 0.25) is 0 Å². The Bertz CT molecular complexity index is 1540. The number of fused-ring (bicyclic) bond motifs is 3. The number of carbonyl (C=O) groups excluding carboxylic acids is 2. The molecule has 6 rings (SSSR count). The van der Waals surface area contributed by atoms with Crippen LogP contribution in [-0.2, 0) is 17.6 Å². The maximum Gasteiger partial charge on any atom is 0.269 e. The zero-order valence-electron chi connectivity index (χ0n) is 21.1. The van der Waals surface area contributed by atoms with Crippen LogP contribution < -0.4 is 16.0 Å². The summed E-state index contributed by atoms with van der Waals surface area (Å²) in [5, 5.41) is 7.66. The van der Waals surface area contributed by atoms with Crippen molar-refractivity contribution in [1.82, 2.24) is 14.8 Å². The number of anilines is 2. The quantitative estimate of drug-likeness (QED) is 0.426. The summed E-state index contributed by atoms with van der Waals surface area (Å²) in [6.07, 6.45) is 3.07. The number of rotatable bonds is 5. The molecule has 0 spiro atoms. The Hall–Kier alpha value is -4.50. The van der Waals surface area contributed by atoms with E-state index in [9.17, 15) is 9.59 Å². The van der Waals surface area contributed by atoms with Crippen LogP contribution in [0.4, 0.5) is 11.4 Å². The molecule has 1 saturated heterocycles. The van der Waals surface area contributed by atoms with Gasteiger partial charge in [0.25, 0.3) is 11.8 Å². The van der Waals surface area contributed by atoms with Gasteiger partial charge in [0.15, 0.2) is 5.69 Å². The number of amides is 2. The molecule has 1 aliphatic carbocycles. The average Bonchev–Trinajstić information content (AvgIpc) is 3.34. The summed E-state index contributed by atoms with van der Waals surface area (Å²) >= 11 is 0. The number of aryl methyl sites for hydroxylation is 2. The van der Waals surface area contributed by atoms with Gasteiger partial charge in [0, 0.05) is 47.5 Å². The van der Waals surface area contributed by atoms with Crippen LogP contribution in [0.2, 0.25) is 0 Å². The van der Waals surface area contributed by atoms with Gasteiger partial charge in [-0.3, -0.25) is 14.6 Å². The van der Waals surface area contributed by atoms with E-state index in [1.54, 1.807) is 23.0 Å². The third-order valence-electron chi connectivity index (χ3n) is 7.21. The van der Waals surface area contributed by atoms with Crippen molar-refractivity contribution in [2.45, 2.75) is 19.8 Å². The van der Waals surface area contributed by atoms with Crippen molar-refractivity contribution in [2.75, 3.05) is 36.5 Å². The number of primary amides is 1. The molecule has 0 radical (unpaired) electrons. The normalized spacial score (nSPS) is 14.5. The Morgan fingerprint density at radius 1 is 1.00 bits per heavy atom. The lowest BCUT2D eigenvalue weighted by atomic mass is 9.88. The minimum absolute atomic E-state index is 0.225. The van der Waals surface area contributed by atoms with E-state index in [-0.39, 0.29) is 11.6 Å². The van der Waals surface area contributed by atoms with Crippen molar-refractivity contribution in [2.24, 2.45) is 5.73 Å². The van der Waals surface area contributed by atoms with Crippen LogP contribution in [0.15, 0.2) is 60.8 Å². The summed E-state index contributed by atoms with van der Waals surface area (Å²) in [6.45, 7) is 4.94. The summed E-state index contributed by atoms with van der Waals surface area (Å²) in [5.74, 6) is -0.776. The Labute approximate surface area is 220 Å². The predicted octanol–water partition coefficient (Wildman–Crippen LogP) is 3.53. The van der Waals surface area contributed by atoms with E-state index in [1.165, 1.54) is 0 Å². The molecule has 0 bridgehead atoms. The first-order valence-corrected chi connectivity index (χ1v) is 12.7. The van der Waals surface area contributed by atoms with Crippen LogP contribution in [0.25, 0.3) is 16.9 Å². The molecule has 2 amide bonds. The monoisotopic (exact) mass is 508 g/mol. The maximum atomic E-state index is 13.0. The van der Waals surface area contributed by atoms with E-state index >= 15 is 0 Å². The first kappa shape index (κ1) is 23.9. The summed E-state index contributed by atoms with van der Waals surface area (Å²) in [6, 6.07) is 17.5. The minimum Gasteiger partial charge on any atom is -0.378 e. The van der Waals surface area contributed by atoms with Gasteiger partial charge < -0.3 is 20.7 Å². The number of aromatic nitrogens is 3. The van der Waals surface area contributed by atoms with Gasteiger partial charge in [-0.05, 0) is 73.9 Å². The van der Waals surface area contributed by atoms with E-state index in [0.29, 0.717) is 36.6 Å². The van der Waals surface area contributed by atoms with Gasteiger partial charge in [0.05, 0.1) is 30.2 Å². The molecule has 3 heterocycles. The van der Waals surface area contributed by atoms with E-state index in [1.807, 2.05) is 37.3 Å². The van der Waals surface area contributed by atoms with Crippen molar-refractivity contribution >= 4 is 23.2 Å². The standard InChI is InChI=1S/C29H28N6O3/c1-18-23(3-2-12-31-18)29(37)32-20-6-4-19-5-11-24-26(28(30)36)33-35(27(24)25(19)17-20)22-9-7-21(8-10-22)34-13-15-38-16-14-34/h2-4,6-10,12,17H,5,11,13-16H2,1H3,(H2,30,36)(H,32,37). The van der Waals surface area contributed by atoms with Gasteiger partial charge in [-0.15, -0.1) is 0 Å². The first-order chi connectivity index (χ1) is 18.5. The number of carbonyl (C=O) groups is 2. The third-order valence-corrected chi connectivity index (χ3v) is 7.21. The molecule has 1 aliphatic heterocycles. The zero-order chi connectivity index (χ0) is 26.2. The highest BCUT2D eigenvalue weighted by Gasteiger charge is 2.28. The molecule has 2 aromatic heterocycles. The van der Waals surface area contributed by atoms with Crippen molar-refractivity contribution in [3.63, 3.8) is 0 Å². The summed E-state index contributed by atoms with van der Waals surface area (Å²) in [4.78, 5) is 31.8. The fourth-order valence-corrected chi connectivity index (χ4v) is 5.25. The number of nitrogens with one attached hydrogen (secondary N) is 1. The maximum absolute atomic E-state index is 13.0. The van der Waals surface area contributed by atoms with Gasteiger partial charge in [-0.25, -0.2) is 4.68 Å². The number of ether oxygens (including phenoxy) is 1. The number of nitrogens with zero attached hydrogens (tertiary/aromatic N) is 4. The molecule has 1 fully saturated rings. The third kappa shape index (κ3) is 4.31. The van der Waals surface area contributed by atoms with Crippen molar-refractivity contribution in [3.8, 4) is 16.9 Å². The van der Waals surface area contributed by atoms with Crippen LogP contribution in [0.1, 0.15) is 37.7 Å². The fraction of sp³-hybridized carbons (Fsp3) is 0.241. The molecular weight excluding hydrogens is 480 g/mol. The van der Waals surface area contributed by atoms with Crippen LogP contribution >= 0.6 is 0 Å². The van der Waals surface area contributed by atoms with E-state index in [4.69, 9.17) is 10.5 Å². The molecule has 38 heavy (non-hydrogen) atoms.